The van der Waals surface area contributed by atoms with Crippen LogP contribution in [0.4, 0.5) is 14.9 Å². The largest absolute Gasteiger partial charge is 0.443 e. The molecule has 130 valence electrons. The van der Waals surface area contributed by atoms with Gasteiger partial charge < -0.3 is 4.74 Å². The van der Waals surface area contributed by atoms with Gasteiger partial charge in [-0.05, 0) is 69.2 Å². The molecular formula is C20H21FN2O2. The van der Waals surface area contributed by atoms with Crippen LogP contribution in [0.25, 0.3) is 0 Å². The van der Waals surface area contributed by atoms with Crippen LogP contribution in [-0.2, 0) is 11.3 Å². The van der Waals surface area contributed by atoms with E-state index in [9.17, 15) is 9.18 Å². The van der Waals surface area contributed by atoms with Crippen molar-refractivity contribution in [1.82, 2.24) is 0 Å². The van der Waals surface area contributed by atoms with Crippen molar-refractivity contribution in [2.45, 2.75) is 39.8 Å². The van der Waals surface area contributed by atoms with Gasteiger partial charge in [-0.3, -0.25) is 4.90 Å². The minimum atomic E-state index is -0.645. The van der Waals surface area contributed by atoms with Crippen molar-refractivity contribution < 1.29 is 13.9 Å². The number of halogens is 1. The van der Waals surface area contributed by atoms with Gasteiger partial charge in [0.2, 0.25) is 0 Å². The number of hydrogen-bond donors (Lipinski definition) is 0. The van der Waals surface area contributed by atoms with E-state index in [1.807, 2.05) is 0 Å². The lowest BCUT2D eigenvalue weighted by molar-refractivity contribution is 0.0577. The van der Waals surface area contributed by atoms with Crippen LogP contribution in [0.5, 0.6) is 0 Å². The SMILES string of the molecule is Cc1cc(F)ccc1N(Cc1ccc(C#N)cc1)C(=O)OC(C)(C)C. The van der Waals surface area contributed by atoms with Crippen molar-refractivity contribution in [3.05, 3.63) is 65.0 Å². The maximum Gasteiger partial charge on any atom is 0.415 e. The molecule has 0 aliphatic carbocycles. The standard InChI is InChI=1S/C20H21FN2O2/c1-14-11-17(21)9-10-18(14)23(19(24)25-20(2,3)4)13-16-7-5-15(12-22)6-8-16/h5-11H,13H2,1-4H3. The van der Waals surface area contributed by atoms with Crippen molar-refractivity contribution in [1.29, 1.82) is 5.26 Å². The third-order valence-corrected chi connectivity index (χ3v) is 3.49. The van der Waals surface area contributed by atoms with Gasteiger partial charge in [-0.15, -0.1) is 0 Å². The summed E-state index contributed by atoms with van der Waals surface area (Å²) >= 11 is 0. The minimum Gasteiger partial charge on any atom is -0.443 e. The Morgan fingerprint density at radius 2 is 1.84 bits per heavy atom. The molecule has 0 spiro atoms. The minimum absolute atomic E-state index is 0.257. The summed E-state index contributed by atoms with van der Waals surface area (Å²) in [5.74, 6) is -0.358. The smallest absolute Gasteiger partial charge is 0.415 e. The predicted octanol–water partition coefficient (Wildman–Crippen LogP) is 4.95. The molecule has 0 atom stereocenters. The first-order valence-corrected chi connectivity index (χ1v) is 7.95. The lowest BCUT2D eigenvalue weighted by Crippen LogP contribution is -2.36. The summed E-state index contributed by atoms with van der Waals surface area (Å²) in [4.78, 5) is 14.2. The number of carbonyl (C=O) groups excluding carboxylic acids is 1. The van der Waals surface area contributed by atoms with E-state index >= 15 is 0 Å². The molecule has 2 rings (SSSR count). The summed E-state index contributed by atoms with van der Waals surface area (Å²) in [5, 5.41) is 8.90. The highest BCUT2D eigenvalue weighted by Crippen LogP contribution is 2.25. The van der Waals surface area contributed by atoms with Crippen molar-refractivity contribution in [2.75, 3.05) is 4.90 Å². The third-order valence-electron chi connectivity index (χ3n) is 3.49. The lowest BCUT2D eigenvalue weighted by Gasteiger charge is -2.28. The number of rotatable bonds is 3. The van der Waals surface area contributed by atoms with E-state index in [0.29, 0.717) is 16.8 Å². The molecule has 2 aromatic rings. The molecule has 0 heterocycles. The summed E-state index contributed by atoms with van der Waals surface area (Å²) < 4.78 is 18.9. The second kappa shape index (κ2) is 7.35. The van der Waals surface area contributed by atoms with Gasteiger partial charge in [0.15, 0.2) is 0 Å². The highest BCUT2D eigenvalue weighted by atomic mass is 19.1. The number of carbonyl (C=O) groups is 1. The van der Waals surface area contributed by atoms with Gasteiger partial charge in [0.05, 0.1) is 23.9 Å². The third kappa shape index (κ3) is 5.05. The zero-order valence-electron chi connectivity index (χ0n) is 14.8. The average Bonchev–Trinajstić information content (AvgIpc) is 2.52. The van der Waals surface area contributed by atoms with Crippen LogP contribution in [0, 0.1) is 24.1 Å². The molecule has 0 aliphatic rings. The zero-order valence-corrected chi connectivity index (χ0v) is 14.8. The Morgan fingerprint density at radius 3 is 2.36 bits per heavy atom. The van der Waals surface area contributed by atoms with Crippen LogP contribution in [-0.4, -0.2) is 11.7 Å². The fourth-order valence-corrected chi connectivity index (χ4v) is 2.35. The maximum atomic E-state index is 13.4. The molecule has 0 aromatic heterocycles. The van der Waals surface area contributed by atoms with Crippen molar-refractivity contribution in [3.8, 4) is 6.07 Å². The van der Waals surface area contributed by atoms with Gasteiger partial charge in [0.25, 0.3) is 0 Å². The number of benzene rings is 2. The number of amides is 1. The first kappa shape index (κ1) is 18.5. The zero-order chi connectivity index (χ0) is 18.6. The molecule has 0 aliphatic heterocycles. The average molecular weight is 340 g/mol. The Balaban J connectivity index is 2.37. The van der Waals surface area contributed by atoms with Crippen LogP contribution in [0.2, 0.25) is 0 Å². The molecule has 2 aromatic carbocycles. The van der Waals surface area contributed by atoms with Crippen molar-refractivity contribution in [2.24, 2.45) is 0 Å². The second-order valence-electron chi connectivity index (χ2n) is 6.81. The van der Waals surface area contributed by atoms with Crippen LogP contribution in [0.15, 0.2) is 42.5 Å². The van der Waals surface area contributed by atoms with Crippen molar-refractivity contribution in [3.63, 3.8) is 0 Å². The van der Waals surface area contributed by atoms with E-state index in [0.717, 1.165) is 5.56 Å². The molecule has 0 radical (unpaired) electrons. The summed E-state index contributed by atoms with van der Waals surface area (Å²) in [5.41, 5.74) is 1.96. The quantitative estimate of drug-likeness (QED) is 0.794. The van der Waals surface area contributed by atoms with E-state index in [-0.39, 0.29) is 12.4 Å². The van der Waals surface area contributed by atoms with Crippen LogP contribution in [0.3, 0.4) is 0 Å². The normalized spacial score (nSPS) is 10.9. The van der Waals surface area contributed by atoms with Crippen molar-refractivity contribution >= 4 is 11.8 Å². The first-order valence-electron chi connectivity index (χ1n) is 7.95. The van der Waals surface area contributed by atoms with Crippen LogP contribution < -0.4 is 4.90 Å². The maximum absolute atomic E-state index is 13.4. The lowest BCUT2D eigenvalue weighted by atomic mass is 10.1. The Morgan fingerprint density at radius 1 is 1.20 bits per heavy atom. The van der Waals surface area contributed by atoms with E-state index in [1.54, 1.807) is 58.0 Å². The number of ether oxygens (including phenoxy) is 1. The van der Waals surface area contributed by atoms with Gasteiger partial charge >= 0.3 is 6.09 Å². The van der Waals surface area contributed by atoms with Crippen LogP contribution in [0.1, 0.15) is 37.5 Å². The molecule has 4 nitrogen and oxygen atoms in total. The molecule has 0 N–H and O–H groups in total. The molecule has 0 saturated heterocycles. The molecule has 25 heavy (non-hydrogen) atoms. The van der Waals surface area contributed by atoms with Gasteiger partial charge in [0, 0.05) is 0 Å². The molecule has 0 bridgehead atoms. The summed E-state index contributed by atoms with van der Waals surface area (Å²) in [6.45, 7) is 7.38. The van der Waals surface area contributed by atoms with Gasteiger partial charge in [-0.25, -0.2) is 9.18 Å². The number of nitrogens with zero attached hydrogens (tertiary/aromatic N) is 2. The molecule has 0 saturated carbocycles. The predicted molar refractivity (Wildman–Crippen MR) is 94.7 cm³/mol. The molecule has 5 heteroatoms. The molecular weight excluding hydrogens is 319 g/mol. The molecule has 0 unspecified atom stereocenters. The number of hydrogen-bond acceptors (Lipinski definition) is 3. The fraction of sp³-hybridized carbons (Fsp3) is 0.300. The Hall–Kier alpha value is -2.87. The van der Waals surface area contributed by atoms with Gasteiger partial charge in [-0.2, -0.15) is 5.26 Å². The number of anilines is 1. The highest BCUT2D eigenvalue weighted by molar-refractivity contribution is 5.88. The van der Waals surface area contributed by atoms with Gasteiger partial charge in [0.1, 0.15) is 11.4 Å². The fourth-order valence-electron chi connectivity index (χ4n) is 2.35. The topological polar surface area (TPSA) is 53.3 Å². The summed E-state index contributed by atoms with van der Waals surface area (Å²) in [6.07, 6.45) is -0.508. The molecule has 1 amide bonds. The van der Waals surface area contributed by atoms with Gasteiger partial charge in [-0.1, -0.05) is 12.1 Å². The Labute approximate surface area is 147 Å². The Bertz CT molecular complexity index is 802. The number of aryl methyl sites for hydroxylation is 1. The van der Waals surface area contributed by atoms with E-state index in [4.69, 9.17) is 10.00 Å². The number of nitriles is 1. The second-order valence-corrected chi connectivity index (χ2v) is 6.81. The Kier molecular flexibility index (Phi) is 5.43. The highest BCUT2D eigenvalue weighted by Gasteiger charge is 2.24. The molecule has 0 fully saturated rings. The van der Waals surface area contributed by atoms with E-state index in [2.05, 4.69) is 6.07 Å². The summed E-state index contributed by atoms with van der Waals surface area (Å²) in [6, 6.07) is 13.3. The van der Waals surface area contributed by atoms with E-state index < -0.39 is 11.7 Å². The van der Waals surface area contributed by atoms with E-state index in [1.165, 1.54) is 17.0 Å². The van der Waals surface area contributed by atoms with Crippen LogP contribution >= 0.6 is 0 Å². The monoisotopic (exact) mass is 340 g/mol. The summed E-state index contributed by atoms with van der Waals surface area (Å²) in [7, 11) is 0. The first-order chi connectivity index (χ1) is 11.7.